The molecule has 2 heterocycles. The summed E-state index contributed by atoms with van der Waals surface area (Å²) < 4.78 is 9.06. The second kappa shape index (κ2) is 2.43. The van der Waals surface area contributed by atoms with E-state index < -0.39 is 0 Å². The molecule has 2 rings (SSSR count). The van der Waals surface area contributed by atoms with Gasteiger partial charge in [0.2, 0.25) is 5.82 Å². The predicted molar refractivity (Wildman–Crippen MR) is 40.1 cm³/mol. The lowest BCUT2D eigenvalue weighted by atomic mass is 10.5. The maximum Gasteiger partial charge on any atom is 0.210 e. The van der Waals surface area contributed by atoms with Crippen molar-refractivity contribution in [1.82, 2.24) is 14.3 Å². The lowest BCUT2D eigenvalue weighted by Gasteiger charge is -1.81. The minimum absolute atomic E-state index is 0.616. The van der Waals surface area contributed by atoms with Gasteiger partial charge in [0.1, 0.15) is 5.01 Å². The van der Waals surface area contributed by atoms with E-state index in [1.54, 1.807) is 6.20 Å². The summed E-state index contributed by atoms with van der Waals surface area (Å²) in [6.45, 7) is 1.90. The fourth-order valence-electron chi connectivity index (χ4n) is 0.726. The molecule has 5 heteroatoms. The van der Waals surface area contributed by atoms with Crippen LogP contribution in [-0.4, -0.2) is 14.3 Å². The molecule has 0 atom stereocenters. The quantitative estimate of drug-likeness (QED) is 0.645. The average molecular weight is 167 g/mol. The van der Waals surface area contributed by atoms with E-state index in [1.165, 1.54) is 17.9 Å². The number of rotatable bonds is 1. The third-order valence-electron chi connectivity index (χ3n) is 1.18. The first-order valence-electron chi connectivity index (χ1n) is 3.05. The molecule has 0 saturated carbocycles. The molecule has 0 aliphatic carbocycles. The molecule has 0 radical (unpaired) electrons. The van der Waals surface area contributed by atoms with E-state index >= 15 is 0 Å². The zero-order chi connectivity index (χ0) is 7.68. The first-order valence-corrected chi connectivity index (χ1v) is 3.83. The molecule has 0 aromatic carbocycles. The van der Waals surface area contributed by atoms with Crippen LogP contribution in [0.4, 0.5) is 0 Å². The van der Waals surface area contributed by atoms with E-state index in [-0.39, 0.29) is 0 Å². The molecule has 56 valence electrons. The lowest BCUT2D eigenvalue weighted by Crippen LogP contribution is -1.75. The van der Waals surface area contributed by atoms with Crippen molar-refractivity contribution >= 4 is 11.5 Å². The van der Waals surface area contributed by atoms with E-state index in [4.69, 9.17) is 4.42 Å². The molecule has 0 aliphatic heterocycles. The fraction of sp³-hybridized carbons (Fsp3) is 0.167. The van der Waals surface area contributed by atoms with Gasteiger partial charge in [0.05, 0.1) is 6.20 Å². The first kappa shape index (κ1) is 6.48. The average Bonchev–Trinajstić information content (AvgIpc) is 2.55. The molecule has 4 nitrogen and oxygen atoms in total. The highest BCUT2D eigenvalue weighted by atomic mass is 32.1. The largest absolute Gasteiger partial charge is 0.440 e. The zero-order valence-corrected chi connectivity index (χ0v) is 6.63. The van der Waals surface area contributed by atoms with E-state index in [0.29, 0.717) is 11.6 Å². The monoisotopic (exact) mass is 167 g/mol. The van der Waals surface area contributed by atoms with Crippen LogP contribution in [-0.2, 0) is 0 Å². The highest BCUT2D eigenvalue weighted by molar-refractivity contribution is 7.05. The van der Waals surface area contributed by atoms with E-state index in [0.717, 1.165) is 5.01 Å². The minimum Gasteiger partial charge on any atom is -0.440 e. The van der Waals surface area contributed by atoms with Crippen molar-refractivity contribution in [2.24, 2.45) is 0 Å². The van der Waals surface area contributed by atoms with Crippen LogP contribution in [0.1, 0.15) is 5.01 Å². The third kappa shape index (κ3) is 1.14. The van der Waals surface area contributed by atoms with Gasteiger partial charge in [0.25, 0.3) is 0 Å². The van der Waals surface area contributed by atoms with Crippen LogP contribution in [0.5, 0.6) is 0 Å². The normalized spacial score (nSPS) is 10.3. The Balaban J connectivity index is 2.45. The van der Waals surface area contributed by atoms with Gasteiger partial charge >= 0.3 is 0 Å². The summed E-state index contributed by atoms with van der Waals surface area (Å²) in [4.78, 5) is 7.89. The molecule has 0 spiro atoms. The molecule has 0 saturated heterocycles. The summed E-state index contributed by atoms with van der Waals surface area (Å²) >= 11 is 1.35. The Morgan fingerprint density at radius 1 is 1.55 bits per heavy atom. The molecular formula is C6H5N3OS. The maximum atomic E-state index is 5.00. The van der Waals surface area contributed by atoms with E-state index in [2.05, 4.69) is 14.3 Å². The Morgan fingerprint density at radius 2 is 2.45 bits per heavy atom. The first-order chi connectivity index (χ1) is 5.36. The molecule has 11 heavy (non-hydrogen) atoms. The topological polar surface area (TPSA) is 51.8 Å². The molecule has 0 bridgehead atoms. The summed E-state index contributed by atoms with van der Waals surface area (Å²) in [5.74, 6) is 1.24. The summed E-state index contributed by atoms with van der Waals surface area (Å²) in [7, 11) is 0. The van der Waals surface area contributed by atoms with Crippen molar-refractivity contribution in [1.29, 1.82) is 0 Å². The Morgan fingerprint density at radius 3 is 3.00 bits per heavy atom. The van der Waals surface area contributed by atoms with Crippen molar-refractivity contribution in [3.63, 3.8) is 0 Å². The van der Waals surface area contributed by atoms with Gasteiger partial charge in [-0.25, -0.2) is 9.97 Å². The fourth-order valence-corrected chi connectivity index (χ4v) is 1.20. The van der Waals surface area contributed by atoms with Crippen LogP contribution < -0.4 is 0 Å². The highest BCUT2D eigenvalue weighted by Gasteiger charge is 2.05. The van der Waals surface area contributed by atoms with Gasteiger partial charge in [-0.2, -0.15) is 4.37 Å². The summed E-state index contributed by atoms with van der Waals surface area (Å²) in [6.07, 6.45) is 2.97. The van der Waals surface area contributed by atoms with Crippen molar-refractivity contribution in [3.8, 4) is 11.6 Å². The van der Waals surface area contributed by atoms with Crippen LogP contribution in [0.25, 0.3) is 11.6 Å². The van der Waals surface area contributed by atoms with E-state index in [1.807, 2.05) is 6.92 Å². The molecule has 0 N–H and O–H groups in total. The molecule has 0 aliphatic rings. The number of hydrogen-bond donors (Lipinski definition) is 0. The summed E-state index contributed by atoms with van der Waals surface area (Å²) in [6, 6.07) is 0. The van der Waals surface area contributed by atoms with Crippen LogP contribution >= 0.6 is 11.5 Å². The van der Waals surface area contributed by atoms with Gasteiger partial charge < -0.3 is 4.42 Å². The number of aromatic nitrogens is 3. The third-order valence-corrected chi connectivity index (χ3v) is 1.80. The van der Waals surface area contributed by atoms with Gasteiger partial charge in [0, 0.05) is 0 Å². The molecule has 2 aromatic heterocycles. The van der Waals surface area contributed by atoms with E-state index in [9.17, 15) is 0 Å². The Bertz CT molecular complexity index is 340. The molecule has 0 unspecified atom stereocenters. The standard InChI is InChI=1S/C6H5N3OS/c1-4-8-6(9-11-4)5-2-7-3-10-5/h2-3H,1H3. The number of hydrogen-bond acceptors (Lipinski definition) is 5. The smallest absolute Gasteiger partial charge is 0.210 e. The van der Waals surface area contributed by atoms with Crippen LogP contribution in [0, 0.1) is 6.92 Å². The SMILES string of the molecule is Cc1nc(-c2cnco2)ns1. The van der Waals surface area contributed by atoms with Crippen molar-refractivity contribution in [2.75, 3.05) is 0 Å². The van der Waals surface area contributed by atoms with Gasteiger partial charge in [-0.15, -0.1) is 0 Å². The minimum atomic E-state index is 0.616. The van der Waals surface area contributed by atoms with Gasteiger partial charge in [-0.05, 0) is 18.5 Å². The number of nitrogens with zero attached hydrogens (tertiary/aromatic N) is 3. The van der Waals surface area contributed by atoms with Crippen LogP contribution in [0.15, 0.2) is 17.0 Å². The zero-order valence-electron chi connectivity index (χ0n) is 5.81. The predicted octanol–water partition coefficient (Wildman–Crippen LogP) is 1.50. The van der Waals surface area contributed by atoms with Crippen molar-refractivity contribution < 1.29 is 4.42 Å². The van der Waals surface area contributed by atoms with Crippen molar-refractivity contribution in [2.45, 2.75) is 6.92 Å². The number of oxazole rings is 1. The molecule has 2 aromatic rings. The number of aryl methyl sites for hydroxylation is 1. The van der Waals surface area contributed by atoms with Crippen molar-refractivity contribution in [3.05, 3.63) is 17.6 Å². The molecular weight excluding hydrogens is 162 g/mol. The maximum absolute atomic E-state index is 5.00. The molecule has 0 amide bonds. The summed E-state index contributed by atoms with van der Waals surface area (Å²) in [5.41, 5.74) is 0. The van der Waals surface area contributed by atoms with Crippen LogP contribution in [0.2, 0.25) is 0 Å². The second-order valence-corrected chi connectivity index (χ2v) is 2.96. The Hall–Kier alpha value is -1.23. The Labute approximate surface area is 67.1 Å². The second-order valence-electron chi connectivity index (χ2n) is 2.00. The lowest BCUT2D eigenvalue weighted by molar-refractivity contribution is 0.568. The Kier molecular flexibility index (Phi) is 1.43. The van der Waals surface area contributed by atoms with Crippen LogP contribution in [0.3, 0.4) is 0 Å². The van der Waals surface area contributed by atoms with Gasteiger partial charge in [0.15, 0.2) is 12.2 Å². The highest BCUT2D eigenvalue weighted by Crippen LogP contribution is 2.15. The van der Waals surface area contributed by atoms with Gasteiger partial charge in [-0.1, -0.05) is 0 Å². The molecule has 0 fully saturated rings. The van der Waals surface area contributed by atoms with Gasteiger partial charge in [-0.3, -0.25) is 0 Å². The summed E-state index contributed by atoms with van der Waals surface area (Å²) in [5, 5.41) is 0.927.